The minimum absolute atomic E-state index is 0.970. The molecule has 1 aliphatic heterocycles. The van der Waals surface area contributed by atoms with Gasteiger partial charge < -0.3 is 4.90 Å². The van der Waals surface area contributed by atoms with Gasteiger partial charge in [-0.1, -0.05) is 33.1 Å². The lowest BCUT2D eigenvalue weighted by Crippen LogP contribution is -2.26. The van der Waals surface area contributed by atoms with E-state index in [2.05, 4.69) is 18.7 Å². The molecule has 1 heteroatoms. The second-order valence-corrected chi connectivity index (χ2v) is 4.42. The number of hydrogen-bond donors (Lipinski definition) is 0. The smallest absolute Gasteiger partial charge is 0.000955 e. The molecule has 0 aromatic heterocycles. The third-order valence-electron chi connectivity index (χ3n) is 3.26. The van der Waals surface area contributed by atoms with E-state index in [4.69, 9.17) is 0 Å². The summed E-state index contributed by atoms with van der Waals surface area (Å²) in [4.78, 5) is 2.66. The average Bonchev–Trinajstić information content (AvgIpc) is 2.64. The van der Waals surface area contributed by atoms with Crippen molar-refractivity contribution in [3.05, 3.63) is 0 Å². The Morgan fingerprint density at radius 3 is 2.38 bits per heavy atom. The summed E-state index contributed by atoms with van der Waals surface area (Å²) in [7, 11) is 0. The van der Waals surface area contributed by atoms with Crippen LogP contribution in [0.5, 0.6) is 0 Å². The van der Waals surface area contributed by atoms with Crippen LogP contribution >= 0.6 is 0 Å². The van der Waals surface area contributed by atoms with E-state index in [9.17, 15) is 0 Å². The van der Waals surface area contributed by atoms with Gasteiger partial charge in [0.1, 0.15) is 0 Å². The first-order chi connectivity index (χ1) is 6.36. The minimum Gasteiger partial charge on any atom is -0.303 e. The monoisotopic (exact) mass is 183 g/mol. The average molecular weight is 183 g/mol. The van der Waals surface area contributed by atoms with E-state index in [1.54, 1.807) is 0 Å². The molecule has 1 heterocycles. The van der Waals surface area contributed by atoms with E-state index in [1.165, 1.54) is 58.2 Å². The molecule has 0 aromatic rings. The Labute approximate surface area is 83.5 Å². The fourth-order valence-corrected chi connectivity index (χ4v) is 2.25. The highest BCUT2D eigenvalue weighted by molar-refractivity contribution is 4.70. The maximum atomic E-state index is 2.66. The summed E-state index contributed by atoms with van der Waals surface area (Å²) in [6, 6.07) is 0. The molecule has 0 bridgehead atoms. The molecule has 0 aliphatic carbocycles. The zero-order valence-corrected chi connectivity index (χ0v) is 9.39. The van der Waals surface area contributed by atoms with E-state index in [1.807, 2.05) is 0 Å². The van der Waals surface area contributed by atoms with E-state index in [0.717, 1.165) is 5.92 Å². The highest BCUT2D eigenvalue weighted by atomic mass is 15.1. The van der Waals surface area contributed by atoms with Crippen molar-refractivity contribution in [1.29, 1.82) is 0 Å². The van der Waals surface area contributed by atoms with Crippen molar-refractivity contribution in [3.8, 4) is 0 Å². The summed E-state index contributed by atoms with van der Waals surface area (Å²) in [6.07, 6.45) is 8.47. The summed E-state index contributed by atoms with van der Waals surface area (Å²) in [5, 5.41) is 0. The van der Waals surface area contributed by atoms with Crippen molar-refractivity contribution in [1.82, 2.24) is 4.90 Å². The van der Waals surface area contributed by atoms with Crippen LogP contribution in [0.3, 0.4) is 0 Å². The molecular weight excluding hydrogens is 158 g/mol. The molecule has 0 N–H and O–H groups in total. The Hall–Kier alpha value is -0.0400. The number of likely N-dealkylation sites (tertiary alicyclic amines) is 1. The number of rotatable bonds is 6. The van der Waals surface area contributed by atoms with Crippen molar-refractivity contribution in [2.75, 3.05) is 19.6 Å². The minimum atomic E-state index is 0.970. The normalized spacial score (nSPS) is 20.8. The van der Waals surface area contributed by atoms with E-state index in [0.29, 0.717) is 0 Å². The Morgan fingerprint density at radius 2 is 1.85 bits per heavy atom. The molecule has 0 radical (unpaired) electrons. The summed E-state index contributed by atoms with van der Waals surface area (Å²) >= 11 is 0. The molecule has 1 atom stereocenters. The van der Waals surface area contributed by atoms with Crippen LogP contribution in [0, 0.1) is 5.92 Å². The summed E-state index contributed by atoms with van der Waals surface area (Å²) in [5.41, 5.74) is 0. The van der Waals surface area contributed by atoms with Gasteiger partial charge in [0.15, 0.2) is 0 Å². The first-order valence-electron chi connectivity index (χ1n) is 6.09. The lowest BCUT2D eigenvalue weighted by Gasteiger charge is -2.22. The highest BCUT2D eigenvalue weighted by Gasteiger charge is 2.15. The van der Waals surface area contributed by atoms with Crippen LogP contribution in [0.1, 0.15) is 52.4 Å². The van der Waals surface area contributed by atoms with E-state index >= 15 is 0 Å². The van der Waals surface area contributed by atoms with Gasteiger partial charge in [0.05, 0.1) is 0 Å². The first-order valence-corrected chi connectivity index (χ1v) is 6.09. The van der Waals surface area contributed by atoms with E-state index in [-0.39, 0.29) is 0 Å². The fraction of sp³-hybridized carbons (Fsp3) is 1.00. The van der Waals surface area contributed by atoms with Gasteiger partial charge in [-0.3, -0.25) is 0 Å². The van der Waals surface area contributed by atoms with Crippen LogP contribution < -0.4 is 0 Å². The number of nitrogens with zero attached hydrogens (tertiary/aromatic N) is 1. The number of hydrogen-bond acceptors (Lipinski definition) is 1. The van der Waals surface area contributed by atoms with Gasteiger partial charge in [0, 0.05) is 6.54 Å². The SMILES string of the molecule is CCCC[C@H](CC)CN1CCCC1. The van der Waals surface area contributed by atoms with Crippen LogP contribution in [0.4, 0.5) is 0 Å². The van der Waals surface area contributed by atoms with Crippen LogP contribution in [-0.4, -0.2) is 24.5 Å². The third-order valence-corrected chi connectivity index (χ3v) is 3.26. The second-order valence-electron chi connectivity index (χ2n) is 4.42. The molecule has 1 saturated heterocycles. The predicted molar refractivity (Wildman–Crippen MR) is 59.0 cm³/mol. The topological polar surface area (TPSA) is 3.24 Å². The molecular formula is C12H25N. The first kappa shape index (κ1) is 11.0. The molecule has 0 unspecified atom stereocenters. The Balaban J connectivity index is 2.13. The maximum Gasteiger partial charge on any atom is 0.000955 e. The van der Waals surface area contributed by atoms with Crippen molar-refractivity contribution in [2.24, 2.45) is 5.92 Å². The zero-order valence-electron chi connectivity index (χ0n) is 9.39. The van der Waals surface area contributed by atoms with Crippen molar-refractivity contribution in [2.45, 2.75) is 52.4 Å². The molecule has 78 valence electrons. The number of unbranched alkanes of at least 4 members (excludes halogenated alkanes) is 1. The quantitative estimate of drug-likeness (QED) is 0.610. The van der Waals surface area contributed by atoms with Gasteiger partial charge in [-0.05, 0) is 38.3 Å². The van der Waals surface area contributed by atoms with Crippen LogP contribution in [-0.2, 0) is 0 Å². The van der Waals surface area contributed by atoms with Crippen molar-refractivity contribution >= 4 is 0 Å². The molecule has 1 nitrogen and oxygen atoms in total. The van der Waals surface area contributed by atoms with Gasteiger partial charge in [-0.2, -0.15) is 0 Å². The van der Waals surface area contributed by atoms with Crippen LogP contribution in [0.2, 0.25) is 0 Å². The second kappa shape index (κ2) is 6.42. The third kappa shape index (κ3) is 4.12. The van der Waals surface area contributed by atoms with Gasteiger partial charge >= 0.3 is 0 Å². The molecule has 0 amide bonds. The van der Waals surface area contributed by atoms with E-state index < -0.39 is 0 Å². The Bertz CT molecular complexity index is 116. The molecule has 0 aromatic carbocycles. The Morgan fingerprint density at radius 1 is 1.15 bits per heavy atom. The summed E-state index contributed by atoms with van der Waals surface area (Å²) in [6.45, 7) is 8.74. The fourth-order valence-electron chi connectivity index (χ4n) is 2.25. The lowest BCUT2D eigenvalue weighted by atomic mass is 9.99. The molecule has 1 fully saturated rings. The van der Waals surface area contributed by atoms with Gasteiger partial charge in [-0.15, -0.1) is 0 Å². The lowest BCUT2D eigenvalue weighted by molar-refractivity contribution is 0.260. The zero-order chi connectivity index (χ0) is 9.52. The molecule has 1 aliphatic rings. The maximum absolute atomic E-state index is 2.66. The summed E-state index contributed by atoms with van der Waals surface area (Å²) in [5.74, 6) is 0.970. The van der Waals surface area contributed by atoms with Crippen molar-refractivity contribution in [3.63, 3.8) is 0 Å². The predicted octanol–water partition coefficient (Wildman–Crippen LogP) is 3.30. The van der Waals surface area contributed by atoms with Gasteiger partial charge in [-0.25, -0.2) is 0 Å². The van der Waals surface area contributed by atoms with Gasteiger partial charge in [0.25, 0.3) is 0 Å². The molecule has 0 spiro atoms. The summed E-state index contributed by atoms with van der Waals surface area (Å²) < 4.78 is 0. The van der Waals surface area contributed by atoms with Gasteiger partial charge in [0.2, 0.25) is 0 Å². The molecule has 13 heavy (non-hydrogen) atoms. The molecule has 0 saturated carbocycles. The highest BCUT2D eigenvalue weighted by Crippen LogP contribution is 2.17. The van der Waals surface area contributed by atoms with Crippen LogP contribution in [0.25, 0.3) is 0 Å². The van der Waals surface area contributed by atoms with Crippen LogP contribution in [0.15, 0.2) is 0 Å². The largest absolute Gasteiger partial charge is 0.303 e. The van der Waals surface area contributed by atoms with Crippen molar-refractivity contribution < 1.29 is 0 Å². The molecule has 1 rings (SSSR count). The Kier molecular flexibility index (Phi) is 5.45. The standard InChI is InChI=1S/C12H25N/c1-3-5-8-12(4-2)11-13-9-6-7-10-13/h12H,3-11H2,1-2H3/t12-/m0/s1.